The van der Waals surface area contributed by atoms with Gasteiger partial charge in [-0.15, -0.1) is 0 Å². The van der Waals surface area contributed by atoms with Gasteiger partial charge in [0, 0.05) is 43.3 Å². The van der Waals surface area contributed by atoms with E-state index in [-0.39, 0.29) is 23.0 Å². The summed E-state index contributed by atoms with van der Waals surface area (Å²) in [4.78, 5) is 2.70. The Kier molecular flexibility index (Phi) is 7.34. The minimum Gasteiger partial charge on any atom is -0.413 e. The molecule has 6 rings (SSSR count). The molecule has 3 saturated heterocycles. The van der Waals surface area contributed by atoms with Gasteiger partial charge in [-0.05, 0) is 35.7 Å². The zero-order chi connectivity index (χ0) is 26.3. The van der Waals surface area contributed by atoms with Crippen LogP contribution >= 0.6 is 0 Å². The molecule has 4 aliphatic rings. The minimum absolute atomic E-state index is 0.124. The summed E-state index contributed by atoms with van der Waals surface area (Å²) in [6, 6.07) is 25.5. The van der Waals surface area contributed by atoms with Gasteiger partial charge in [-0.3, -0.25) is 4.90 Å². The number of epoxide rings is 1. The highest BCUT2D eigenvalue weighted by Crippen LogP contribution is 2.63. The molecule has 3 heterocycles. The van der Waals surface area contributed by atoms with Crippen LogP contribution in [0, 0.1) is 10.8 Å². The number of piperidine rings is 1. The number of hydrogen-bond acceptors (Lipinski definition) is 5. The van der Waals surface area contributed by atoms with Crippen molar-refractivity contribution < 1.29 is 18.6 Å². The topological polar surface area (TPSA) is 43.5 Å². The van der Waals surface area contributed by atoms with Gasteiger partial charge in [0.05, 0.1) is 32.0 Å². The van der Waals surface area contributed by atoms with Crippen molar-refractivity contribution in [3.8, 4) is 0 Å². The van der Waals surface area contributed by atoms with Gasteiger partial charge in [0.15, 0.2) is 14.1 Å². The van der Waals surface area contributed by atoms with Crippen molar-refractivity contribution in [1.82, 2.24) is 4.90 Å². The lowest BCUT2D eigenvalue weighted by molar-refractivity contribution is -0.287. The van der Waals surface area contributed by atoms with Crippen LogP contribution in [0.3, 0.4) is 0 Å². The molecule has 2 aromatic carbocycles. The second-order valence-corrected chi connectivity index (χ2v) is 17.1. The van der Waals surface area contributed by atoms with E-state index in [2.05, 4.69) is 86.3 Å². The molecule has 6 heteroatoms. The second kappa shape index (κ2) is 10.5. The summed E-state index contributed by atoms with van der Waals surface area (Å²) in [7, 11) is -1.90. The predicted molar refractivity (Wildman–Crippen MR) is 152 cm³/mol. The first kappa shape index (κ1) is 26.7. The van der Waals surface area contributed by atoms with Gasteiger partial charge in [-0.2, -0.15) is 0 Å². The standard InChI is InChI=1S/C32H45NO4Si/c1-4-38(5-2,6-3)37-29-30(19-26-13-9-7-10-14-26)22-32(35-17-18-36-32)23-31(29,28-21-34-28)25-33(24-30)20-27-15-11-8-12-16-27/h7-16,28-29H,4-6,17-25H2,1-3H3. The quantitative estimate of drug-likeness (QED) is 0.274. The highest BCUT2D eigenvalue weighted by atomic mass is 28.4. The molecule has 4 unspecified atom stereocenters. The van der Waals surface area contributed by atoms with E-state index in [1.54, 1.807) is 0 Å². The van der Waals surface area contributed by atoms with E-state index in [0.29, 0.717) is 13.2 Å². The van der Waals surface area contributed by atoms with Gasteiger partial charge < -0.3 is 18.6 Å². The first-order valence-electron chi connectivity index (χ1n) is 14.9. The van der Waals surface area contributed by atoms with Crippen LogP contribution in [-0.2, 0) is 31.6 Å². The Labute approximate surface area is 229 Å². The maximum absolute atomic E-state index is 7.70. The van der Waals surface area contributed by atoms with Crippen molar-refractivity contribution in [2.24, 2.45) is 10.8 Å². The van der Waals surface area contributed by atoms with Crippen molar-refractivity contribution in [2.75, 3.05) is 32.9 Å². The first-order valence-corrected chi connectivity index (χ1v) is 17.4. The third-order valence-corrected chi connectivity index (χ3v) is 14.7. The molecular weight excluding hydrogens is 490 g/mol. The number of benzene rings is 2. The molecule has 1 saturated carbocycles. The smallest absolute Gasteiger partial charge is 0.192 e. The lowest BCUT2D eigenvalue weighted by Crippen LogP contribution is -2.73. The molecule has 2 bridgehead atoms. The van der Waals surface area contributed by atoms with Crippen molar-refractivity contribution in [3.63, 3.8) is 0 Å². The number of hydrogen-bond donors (Lipinski definition) is 0. The number of rotatable bonds is 10. The molecule has 4 atom stereocenters. The largest absolute Gasteiger partial charge is 0.413 e. The molecule has 38 heavy (non-hydrogen) atoms. The van der Waals surface area contributed by atoms with Crippen LogP contribution in [0.5, 0.6) is 0 Å². The first-order chi connectivity index (χ1) is 18.5. The molecule has 4 fully saturated rings. The third kappa shape index (κ3) is 4.82. The molecule has 2 aromatic rings. The monoisotopic (exact) mass is 535 g/mol. The van der Waals surface area contributed by atoms with Gasteiger partial charge in [-0.25, -0.2) is 0 Å². The number of nitrogens with zero attached hydrogens (tertiary/aromatic N) is 1. The summed E-state index contributed by atoms with van der Waals surface area (Å²) in [6.45, 7) is 12.1. The molecule has 0 aromatic heterocycles. The van der Waals surface area contributed by atoms with Crippen LogP contribution in [0.1, 0.15) is 44.7 Å². The molecule has 0 amide bonds. The fraction of sp³-hybridized carbons (Fsp3) is 0.625. The number of fused-ring (bicyclic) bond motifs is 2. The lowest BCUT2D eigenvalue weighted by Gasteiger charge is -2.65. The molecule has 0 radical (unpaired) electrons. The van der Waals surface area contributed by atoms with E-state index in [1.165, 1.54) is 11.1 Å². The maximum atomic E-state index is 7.70. The third-order valence-electron chi connectivity index (χ3n) is 10.1. The van der Waals surface area contributed by atoms with Crippen LogP contribution < -0.4 is 0 Å². The number of ether oxygens (including phenoxy) is 3. The fourth-order valence-electron chi connectivity index (χ4n) is 8.22. The van der Waals surface area contributed by atoms with Gasteiger partial charge in [0.1, 0.15) is 0 Å². The predicted octanol–water partition coefficient (Wildman–Crippen LogP) is 6.04. The summed E-state index contributed by atoms with van der Waals surface area (Å²) in [5.41, 5.74) is 2.47. The zero-order valence-electron chi connectivity index (χ0n) is 23.5. The Morgan fingerprint density at radius 2 is 1.45 bits per heavy atom. The van der Waals surface area contributed by atoms with E-state index in [9.17, 15) is 0 Å². The Bertz CT molecular complexity index is 1060. The van der Waals surface area contributed by atoms with Crippen LogP contribution in [-0.4, -0.2) is 64.1 Å². The normalized spacial score (nSPS) is 32.5. The van der Waals surface area contributed by atoms with E-state index in [1.807, 2.05) is 0 Å². The van der Waals surface area contributed by atoms with Crippen LogP contribution in [0.25, 0.3) is 0 Å². The zero-order valence-corrected chi connectivity index (χ0v) is 24.5. The van der Waals surface area contributed by atoms with Crippen molar-refractivity contribution >= 4 is 8.32 Å². The van der Waals surface area contributed by atoms with E-state index in [0.717, 1.165) is 63.6 Å². The number of likely N-dealkylation sites (tertiary alicyclic amines) is 1. The van der Waals surface area contributed by atoms with E-state index >= 15 is 0 Å². The molecular formula is C32H45NO4Si. The molecule has 3 aliphatic heterocycles. The summed E-state index contributed by atoms with van der Waals surface area (Å²) in [6.07, 6.45) is 3.04. The van der Waals surface area contributed by atoms with Crippen molar-refractivity contribution in [1.29, 1.82) is 0 Å². The summed E-state index contributed by atoms with van der Waals surface area (Å²) in [5, 5.41) is 0. The molecule has 1 aliphatic carbocycles. The van der Waals surface area contributed by atoms with Gasteiger partial charge in [0.25, 0.3) is 0 Å². The molecule has 5 nitrogen and oxygen atoms in total. The molecule has 0 N–H and O–H groups in total. The average molecular weight is 536 g/mol. The molecule has 206 valence electrons. The van der Waals surface area contributed by atoms with E-state index in [4.69, 9.17) is 18.6 Å². The van der Waals surface area contributed by atoms with Gasteiger partial charge >= 0.3 is 0 Å². The minimum atomic E-state index is -1.90. The Hall–Kier alpha value is -1.54. The fourth-order valence-corrected chi connectivity index (χ4v) is 11.2. The summed E-state index contributed by atoms with van der Waals surface area (Å²) in [5.74, 6) is -0.533. The highest BCUT2D eigenvalue weighted by Gasteiger charge is 2.71. The summed E-state index contributed by atoms with van der Waals surface area (Å²) < 4.78 is 27.1. The van der Waals surface area contributed by atoms with Crippen LogP contribution in [0.4, 0.5) is 0 Å². The average Bonchev–Trinajstić information content (AvgIpc) is 3.70. The van der Waals surface area contributed by atoms with Crippen molar-refractivity contribution in [3.05, 3.63) is 71.8 Å². The Morgan fingerprint density at radius 3 is 2.03 bits per heavy atom. The van der Waals surface area contributed by atoms with Gasteiger partial charge in [0.2, 0.25) is 0 Å². The highest BCUT2D eigenvalue weighted by molar-refractivity contribution is 6.73. The Balaban J connectivity index is 1.47. The van der Waals surface area contributed by atoms with Crippen molar-refractivity contribution in [2.45, 2.75) is 82.7 Å². The van der Waals surface area contributed by atoms with Gasteiger partial charge in [-0.1, -0.05) is 81.4 Å². The van der Waals surface area contributed by atoms with Crippen LogP contribution in [0.15, 0.2) is 60.7 Å². The SMILES string of the molecule is CC[Si](CC)(CC)OC1C2(Cc3ccccc3)CN(Cc3ccccc3)CC1(C1CO1)CC1(C2)OCCO1. The maximum Gasteiger partial charge on any atom is 0.192 e. The Morgan fingerprint density at radius 1 is 0.842 bits per heavy atom. The molecule has 1 spiro atoms. The second-order valence-electron chi connectivity index (χ2n) is 12.4. The van der Waals surface area contributed by atoms with E-state index < -0.39 is 14.1 Å². The van der Waals surface area contributed by atoms with Crippen LogP contribution in [0.2, 0.25) is 18.1 Å². The lowest BCUT2D eigenvalue weighted by atomic mass is 9.52. The summed E-state index contributed by atoms with van der Waals surface area (Å²) >= 11 is 0.